The van der Waals surface area contributed by atoms with Gasteiger partial charge in [-0.15, -0.1) is 0 Å². The molecule has 9 heteroatoms. The second kappa shape index (κ2) is 9.20. The summed E-state index contributed by atoms with van der Waals surface area (Å²) >= 11 is 0. The minimum absolute atomic E-state index is 0.00942. The summed E-state index contributed by atoms with van der Waals surface area (Å²) in [4.78, 5) is 11.9. The third kappa shape index (κ3) is 7.93. The van der Waals surface area contributed by atoms with Gasteiger partial charge in [0.15, 0.2) is 6.61 Å². The summed E-state index contributed by atoms with van der Waals surface area (Å²) in [6.45, 7) is -4.21. The summed E-state index contributed by atoms with van der Waals surface area (Å²) in [7, 11) is 0. The summed E-state index contributed by atoms with van der Waals surface area (Å²) in [5, 5.41) is 2.63. The average Bonchev–Trinajstić information content (AvgIpc) is 2.59. The second-order valence-electron chi connectivity index (χ2n) is 5.53. The van der Waals surface area contributed by atoms with Crippen LogP contribution in [0.2, 0.25) is 0 Å². The molecule has 0 heterocycles. The van der Waals surface area contributed by atoms with Gasteiger partial charge in [-0.3, -0.25) is 4.79 Å². The van der Waals surface area contributed by atoms with E-state index in [0.717, 1.165) is 0 Å². The lowest BCUT2D eigenvalue weighted by Gasteiger charge is -2.11. The van der Waals surface area contributed by atoms with Crippen molar-refractivity contribution in [1.82, 2.24) is 5.32 Å². The van der Waals surface area contributed by atoms with E-state index in [1.54, 1.807) is 6.07 Å². The zero-order valence-electron chi connectivity index (χ0n) is 13.9. The minimum atomic E-state index is -4.43. The Hall–Kier alpha value is -2.84. The summed E-state index contributed by atoms with van der Waals surface area (Å²) in [6, 6.07) is 11.6. The average molecular weight is 389 g/mol. The third-order valence-corrected chi connectivity index (χ3v) is 3.30. The zero-order valence-corrected chi connectivity index (χ0v) is 13.9. The van der Waals surface area contributed by atoms with Crippen LogP contribution in [0.4, 0.5) is 22.0 Å². The first-order valence-electron chi connectivity index (χ1n) is 7.80. The van der Waals surface area contributed by atoms with E-state index in [2.05, 4.69) is 14.8 Å². The maximum Gasteiger partial charge on any atom is 0.422 e. The van der Waals surface area contributed by atoms with Gasteiger partial charge in [0.25, 0.3) is 0 Å². The first-order valence-corrected chi connectivity index (χ1v) is 7.80. The van der Waals surface area contributed by atoms with E-state index in [0.29, 0.717) is 11.1 Å². The molecule has 0 aliphatic heterocycles. The van der Waals surface area contributed by atoms with Crippen LogP contribution in [0.25, 0.3) is 0 Å². The molecule has 2 aromatic carbocycles. The summed E-state index contributed by atoms with van der Waals surface area (Å²) in [6.07, 6.45) is -4.42. The molecule has 0 saturated carbocycles. The number of ether oxygens (including phenoxy) is 2. The van der Waals surface area contributed by atoms with Crippen LogP contribution in [0.3, 0.4) is 0 Å². The van der Waals surface area contributed by atoms with Crippen LogP contribution in [-0.4, -0.2) is 25.3 Å². The fraction of sp³-hybridized carbons (Fsp3) is 0.278. The number of halogens is 5. The molecule has 1 N–H and O–H groups in total. The largest absolute Gasteiger partial charge is 0.484 e. The maximum atomic E-state index is 12.2. The summed E-state index contributed by atoms with van der Waals surface area (Å²) in [5.41, 5.74) is 1.17. The first-order chi connectivity index (χ1) is 12.7. The van der Waals surface area contributed by atoms with Crippen molar-refractivity contribution < 1.29 is 36.2 Å². The van der Waals surface area contributed by atoms with Gasteiger partial charge in [-0.25, -0.2) is 0 Å². The van der Waals surface area contributed by atoms with E-state index >= 15 is 0 Å². The normalized spacial score (nSPS) is 11.3. The van der Waals surface area contributed by atoms with Gasteiger partial charge in [-0.2, -0.15) is 22.0 Å². The van der Waals surface area contributed by atoms with E-state index in [-0.39, 0.29) is 30.4 Å². The number of hydrogen-bond acceptors (Lipinski definition) is 3. The highest BCUT2D eigenvalue weighted by molar-refractivity contribution is 5.78. The van der Waals surface area contributed by atoms with Crippen molar-refractivity contribution in [2.75, 3.05) is 6.61 Å². The van der Waals surface area contributed by atoms with Crippen molar-refractivity contribution in [3.63, 3.8) is 0 Å². The van der Waals surface area contributed by atoms with Gasteiger partial charge in [0, 0.05) is 6.54 Å². The van der Waals surface area contributed by atoms with Crippen LogP contribution < -0.4 is 14.8 Å². The van der Waals surface area contributed by atoms with Crippen LogP contribution in [0, 0.1) is 0 Å². The van der Waals surface area contributed by atoms with Gasteiger partial charge in [-0.05, 0) is 35.4 Å². The molecule has 0 saturated heterocycles. The Morgan fingerprint density at radius 2 is 1.70 bits per heavy atom. The number of rotatable bonds is 8. The number of alkyl halides is 5. The van der Waals surface area contributed by atoms with Crippen molar-refractivity contribution in [3.8, 4) is 11.5 Å². The lowest BCUT2D eigenvalue weighted by Crippen LogP contribution is -2.24. The first kappa shape index (κ1) is 20.5. The highest BCUT2D eigenvalue weighted by Gasteiger charge is 2.28. The molecule has 0 atom stereocenters. The number of hydrogen-bond donors (Lipinski definition) is 1. The van der Waals surface area contributed by atoms with Gasteiger partial charge >= 0.3 is 12.8 Å². The molecular weight excluding hydrogens is 373 g/mol. The van der Waals surface area contributed by atoms with Gasteiger partial charge < -0.3 is 14.8 Å². The predicted molar refractivity (Wildman–Crippen MR) is 86.6 cm³/mol. The van der Waals surface area contributed by atoms with Crippen molar-refractivity contribution in [2.45, 2.75) is 25.8 Å². The molecule has 1 amide bonds. The second-order valence-corrected chi connectivity index (χ2v) is 5.53. The number of benzene rings is 2. The summed E-state index contributed by atoms with van der Waals surface area (Å²) < 4.78 is 69.5. The molecule has 146 valence electrons. The minimum Gasteiger partial charge on any atom is -0.484 e. The van der Waals surface area contributed by atoms with E-state index in [1.807, 2.05) is 0 Å². The van der Waals surface area contributed by atoms with E-state index in [1.165, 1.54) is 42.5 Å². The van der Waals surface area contributed by atoms with Gasteiger partial charge in [0.05, 0.1) is 6.42 Å². The predicted octanol–water partition coefficient (Wildman–Crippen LogP) is 4.09. The Kier molecular flexibility index (Phi) is 6.98. The highest BCUT2D eigenvalue weighted by Crippen LogP contribution is 2.19. The van der Waals surface area contributed by atoms with Crippen LogP contribution in [0.15, 0.2) is 48.5 Å². The van der Waals surface area contributed by atoms with Crippen molar-refractivity contribution in [1.29, 1.82) is 0 Å². The van der Waals surface area contributed by atoms with E-state index in [4.69, 9.17) is 0 Å². The third-order valence-electron chi connectivity index (χ3n) is 3.30. The van der Waals surface area contributed by atoms with Crippen LogP contribution >= 0.6 is 0 Å². The Labute approximate surface area is 151 Å². The summed E-state index contributed by atoms with van der Waals surface area (Å²) in [5.74, 6) is -0.294. The molecule has 0 aliphatic rings. The molecule has 0 bridgehead atoms. The number of carbonyl (C=O) groups excluding carboxylic acids is 1. The fourth-order valence-electron chi connectivity index (χ4n) is 2.15. The standard InChI is InChI=1S/C18H16F5NO3/c19-17(20)27-14-6-4-12(5-7-14)9-16(25)24-10-13-2-1-3-15(8-13)26-11-18(21,22)23/h1-8,17H,9-11H2,(H,24,25). The Balaban J connectivity index is 1.83. The number of amides is 1. The molecule has 0 fully saturated rings. The zero-order chi connectivity index (χ0) is 19.9. The molecule has 4 nitrogen and oxygen atoms in total. The van der Waals surface area contributed by atoms with Crippen LogP contribution in [-0.2, 0) is 17.8 Å². The smallest absolute Gasteiger partial charge is 0.422 e. The SMILES string of the molecule is O=C(Cc1ccc(OC(F)F)cc1)NCc1cccc(OCC(F)(F)F)c1. The monoisotopic (exact) mass is 389 g/mol. The van der Waals surface area contributed by atoms with Crippen molar-refractivity contribution >= 4 is 5.91 Å². The molecule has 0 aliphatic carbocycles. The highest BCUT2D eigenvalue weighted by atomic mass is 19.4. The Morgan fingerprint density at radius 3 is 2.33 bits per heavy atom. The maximum absolute atomic E-state index is 12.2. The lowest BCUT2D eigenvalue weighted by molar-refractivity contribution is -0.153. The molecular formula is C18H16F5NO3. The topological polar surface area (TPSA) is 47.6 Å². The molecule has 27 heavy (non-hydrogen) atoms. The lowest BCUT2D eigenvalue weighted by atomic mass is 10.1. The molecule has 2 aromatic rings. The van der Waals surface area contributed by atoms with Crippen LogP contribution in [0.5, 0.6) is 11.5 Å². The van der Waals surface area contributed by atoms with Crippen LogP contribution in [0.1, 0.15) is 11.1 Å². The molecule has 0 aromatic heterocycles. The molecule has 0 unspecified atom stereocenters. The van der Waals surface area contributed by atoms with Crippen molar-refractivity contribution in [2.24, 2.45) is 0 Å². The number of carbonyl (C=O) groups is 1. The van der Waals surface area contributed by atoms with E-state index in [9.17, 15) is 26.7 Å². The molecule has 0 radical (unpaired) electrons. The van der Waals surface area contributed by atoms with Gasteiger partial charge in [0.2, 0.25) is 5.91 Å². The van der Waals surface area contributed by atoms with Gasteiger partial charge in [0.1, 0.15) is 11.5 Å². The Bertz CT molecular complexity index is 747. The fourth-order valence-corrected chi connectivity index (χ4v) is 2.15. The number of nitrogens with one attached hydrogen (secondary N) is 1. The van der Waals surface area contributed by atoms with E-state index < -0.39 is 19.4 Å². The van der Waals surface area contributed by atoms with Gasteiger partial charge in [-0.1, -0.05) is 24.3 Å². The molecule has 0 spiro atoms. The molecule has 2 rings (SSSR count). The quantitative estimate of drug-likeness (QED) is 0.692. The van der Waals surface area contributed by atoms with Crippen molar-refractivity contribution in [3.05, 3.63) is 59.7 Å². The Morgan fingerprint density at radius 1 is 1.00 bits per heavy atom.